The molecule has 1 heterocycles. The fourth-order valence-corrected chi connectivity index (χ4v) is 2.22. The van der Waals surface area contributed by atoms with Crippen molar-refractivity contribution in [1.82, 2.24) is 4.90 Å². The molecule has 0 amide bonds. The zero-order valence-electron chi connectivity index (χ0n) is 8.87. The first-order valence-electron chi connectivity index (χ1n) is 4.83. The van der Waals surface area contributed by atoms with Gasteiger partial charge in [0.05, 0.1) is 5.92 Å². The topological polar surface area (TPSA) is 40.5 Å². The molecular formula is C10H19NO2. The Hall–Kier alpha value is -0.570. The van der Waals surface area contributed by atoms with Crippen molar-refractivity contribution in [2.75, 3.05) is 6.54 Å². The molecule has 0 bridgehead atoms. The summed E-state index contributed by atoms with van der Waals surface area (Å²) in [7, 11) is 0. The van der Waals surface area contributed by atoms with Crippen molar-refractivity contribution in [3.8, 4) is 0 Å². The molecule has 0 aromatic carbocycles. The highest BCUT2D eigenvalue weighted by atomic mass is 16.4. The van der Waals surface area contributed by atoms with Crippen molar-refractivity contribution in [3.05, 3.63) is 0 Å². The first-order valence-corrected chi connectivity index (χ1v) is 4.83. The third-order valence-corrected chi connectivity index (χ3v) is 2.93. The molecule has 0 spiro atoms. The van der Waals surface area contributed by atoms with Gasteiger partial charge in [-0.05, 0) is 40.7 Å². The van der Waals surface area contributed by atoms with E-state index < -0.39 is 5.97 Å². The molecule has 0 aromatic heterocycles. The Morgan fingerprint density at radius 1 is 1.46 bits per heavy atom. The number of carboxylic acids is 1. The minimum Gasteiger partial charge on any atom is -0.481 e. The van der Waals surface area contributed by atoms with Gasteiger partial charge in [0.2, 0.25) is 0 Å². The minimum absolute atomic E-state index is 0.0869. The molecule has 0 aromatic rings. The van der Waals surface area contributed by atoms with Crippen molar-refractivity contribution in [2.24, 2.45) is 5.92 Å². The van der Waals surface area contributed by atoms with Crippen LogP contribution in [-0.4, -0.2) is 34.1 Å². The molecule has 1 fully saturated rings. The number of aliphatic carboxylic acids is 1. The van der Waals surface area contributed by atoms with E-state index in [1.54, 1.807) is 0 Å². The molecule has 1 aliphatic rings. The highest BCUT2D eigenvalue weighted by molar-refractivity contribution is 5.71. The monoisotopic (exact) mass is 185 g/mol. The van der Waals surface area contributed by atoms with Gasteiger partial charge < -0.3 is 5.11 Å². The molecule has 0 radical (unpaired) electrons. The maximum absolute atomic E-state index is 10.9. The van der Waals surface area contributed by atoms with Crippen LogP contribution in [0.1, 0.15) is 34.1 Å². The molecule has 13 heavy (non-hydrogen) atoms. The summed E-state index contributed by atoms with van der Waals surface area (Å²) in [6.45, 7) is 9.31. The fourth-order valence-electron chi connectivity index (χ4n) is 2.22. The lowest BCUT2D eigenvalue weighted by molar-refractivity contribution is -0.142. The fraction of sp³-hybridized carbons (Fsp3) is 0.900. The lowest BCUT2D eigenvalue weighted by atomic mass is 10.00. The van der Waals surface area contributed by atoms with Crippen molar-refractivity contribution < 1.29 is 9.90 Å². The predicted octanol–water partition coefficient (Wildman–Crippen LogP) is 1.58. The van der Waals surface area contributed by atoms with Crippen molar-refractivity contribution in [2.45, 2.75) is 45.7 Å². The number of carboxylic acid groups (broad SMARTS) is 1. The lowest BCUT2D eigenvalue weighted by Gasteiger charge is -2.36. The molecule has 3 heteroatoms. The average Bonchev–Trinajstić information content (AvgIpc) is 2.28. The molecule has 2 unspecified atom stereocenters. The van der Waals surface area contributed by atoms with Crippen LogP contribution in [0.25, 0.3) is 0 Å². The van der Waals surface area contributed by atoms with Gasteiger partial charge in [0.15, 0.2) is 0 Å². The maximum Gasteiger partial charge on any atom is 0.308 e. The van der Waals surface area contributed by atoms with Crippen LogP contribution in [0.2, 0.25) is 0 Å². The minimum atomic E-state index is -0.653. The Morgan fingerprint density at radius 3 is 2.23 bits per heavy atom. The van der Waals surface area contributed by atoms with E-state index in [2.05, 4.69) is 25.7 Å². The Balaban J connectivity index is 2.71. The molecule has 0 aliphatic carbocycles. The lowest BCUT2D eigenvalue weighted by Crippen LogP contribution is -2.45. The van der Waals surface area contributed by atoms with Crippen LogP contribution in [0.5, 0.6) is 0 Å². The van der Waals surface area contributed by atoms with Crippen LogP contribution in [-0.2, 0) is 4.79 Å². The van der Waals surface area contributed by atoms with Gasteiger partial charge in [-0.15, -0.1) is 0 Å². The second-order valence-corrected chi connectivity index (χ2v) is 4.84. The molecule has 2 atom stereocenters. The molecule has 76 valence electrons. The Bertz CT molecular complexity index is 207. The van der Waals surface area contributed by atoms with Gasteiger partial charge in [0, 0.05) is 11.6 Å². The molecule has 1 aliphatic heterocycles. The van der Waals surface area contributed by atoms with Crippen LogP contribution >= 0.6 is 0 Å². The van der Waals surface area contributed by atoms with Crippen LogP contribution < -0.4 is 0 Å². The molecule has 0 saturated carbocycles. The highest BCUT2D eigenvalue weighted by Gasteiger charge is 2.40. The van der Waals surface area contributed by atoms with E-state index in [4.69, 9.17) is 5.11 Å². The summed E-state index contributed by atoms with van der Waals surface area (Å²) in [5.74, 6) is -0.835. The first kappa shape index (κ1) is 10.5. The summed E-state index contributed by atoms with van der Waals surface area (Å²) in [6.07, 6.45) is 0.785. The van der Waals surface area contributed by atoms with E-state index in [0.29, 0.717) is 0 Å². The molecule has 3 nitrogen and oxygen atoms in total. The quantitative estimate of drug-likeness (QED) is 0.674. The average molecular weight is 185 g/mol. The van der Waals surface area contributed by atoms with Crippen LogP contribution in [0.15, 0.2) is 0 Å². The van der Waals surface area contributed by atoms with Crippen molar-refractivity contribution in [3.63, 3.8) is 0 Å². The van der Waals surface area contributed by atoms with Crippen LogP contribution in [0.4, 0.5) is 0 Å². The standard InChI is InChI=1S/C10H19NO2/c1-7-8(9(12)13)5-6-11(7)10(2,3)4/h7-8H,5-6H2,1-4H3,(H,12,13). The summed E-state index contributed by atoms with van der Waals surface area (Å²) >= 11 is 0. The summed E-state index contributed by atoms with van der Waals surface area (Å²) in [4.78, 5) is 13.1. The molecule has 1 saturated heterocycles. The smallest absolute Gasteiger partial charge is 0.308 e. The number of rotatable bonds is 1. The van der Waals surface area contributed by atoms with Gasteiger partial charge in [0.25, 0.3) is 0 Å². The predicted molar refractivity (Wildman–Crippen MR) is 51.7 cm³/mol. The highest BCUT2D eigenvalue weighted by Crippen LogP contribution is 2.30. The van der Waals surface area contributed by atoms with Gasteiger partial charge in [-0.1, -0.05) is 0 Å². The number of hydrogen-bond acceptors (Lipinski definition) is 2. The number of likely N-dealkylation sites (tertiary alicyclic amines) is 1. The number of hydrogen-bond donors (Lipinski definition) is 1. The summed E-state index contributed by atoms with van der Waals surface area (Å²) in [6, 6.07) is 0.164. The SMILES string of the molecule is CC1C(C(=O)O)CCN1C(C)(C)C. The van der Waals surface area contributed by atoms with E-state index in [1.165, 1.54) is 0 Å². The Labute approximate surface area is 79.7 Å². The summed E-state index contributed by atoms with van der Waals surface area (Å²) in [5.41, 5.74) is 0.0869. The van der Waals surface area contributed by atoms with E-state index in [0.717, 1.165) is 13.0 Å². The van der Waals surface area contributed by atoms with Crippen molar-refractivity contribution >= 4 is 5.97 Å². The zero-order chi connectivity index (χ0) is 10.2. The summed E-state index contributed by atoms with van der Waals surface area (Å²) in [5, 5.41) is 8.94. The Kier molecular flexibility index (Phi) is 2.66. The van der Waals surface area contributed by atoms with Gasteiger partial charge in [0.1, 0.15) is 0 Å². The Morgan fingerprint density at radius 2 is 2.00 bits per heavy atom. The second-order valence-electron chi connectivity index (χ2n) is 4.84. The van der Waals surface area contributed by atoms with E-state index in [1.807, 2.05) is 6.92 Å². The number of nitrogens with zero attached hydrogens (tertiary/aromatic N) is 1. The third kappa shape index (κ3) is 2.02. The largest absolute Gasteiger partial charge is 0.481 e. The maximum atomic E-state index is 10.9. The van der Waals surface area contributed by atoms with Gasteiger partial charge in [-0.25, -0.2) is 0 Å². The summed E-state index contributed by atoms with van der Waals surface area (Å²) < 4.78 is 0. The normalized spacial score (nSPS) is 30.8. The number of carbonyl (C=O) groups is 1. The first-order chi connectivity index (χ1) is 5.84. The molecule has 1 N–H and O–H groups in total. The second kappa shape index (κ2) is 3.29. The van der Waals surface area contributed by atoms with Gasteiger partial charge in [-0.2, -0.15) is 0 Å². The zero-order valence-corrected chi connectivity index (χ0v) is 8.87. The van der Waals surface area contributed by atoms with Crippen LogP contribution in [0.3, 0.4) is 0 Å². The van der Waals surface area contributed by atoms with Gasteiger partial charge >= 0.3 is 5.97 Å². The molecule has 1 rings (SSSR count). The third-order valence-electron chi connectivity index (χ3n) is 2.93. The van der Waals surface area contributed by atoms with Gasteiger partial charge in [-0.3, -0.25) is 9.69 Å². The van der Waals surface area contributed by atoms with Crippen molar-refractivity contribution in [1.29, 1.82) is 0 Å². The molecular weight excluding hydrogens is 166 g/mol. The van der Waals surface area contributed by atoms with E-state index >= 15 is 0 Å². The van der Waals surface area contributed by atoms with E-state index in [-0.39, 0.29) is 17.5 Å². The van der Waals surface area contributed by atoms with E-state index in [9.17, 15) is 4.79 Å². The van der Waals surface area contributed by atoms with Crippen LogP contribution in [0, 0.1) is 5.92 Å².